The number of carbonyl (C=O) groups excluding carboxylic acids is 1. The molecule has 1 amide bonds. The lowest BCUT2D eigenvalue weighted by Crippen LogP contribution is -2.33. The Balaban J connectivity index is 1.95. The van der Waals surface area contributed by atoms with Crippen LogP contribution in [-0.4, -0.2) is 25.7 Å². The first-order valence-electron chi connectivity index (χ1n) is 8.39. The first-order chi connectivity index (χ1) is 11.7. The summed E-state index contributed by atoms with van der Waals surface area (Å²) < 4.78 is 10.5. The molecule has 1 saturated carbocycles. The first kappa shape index (κ1) is 17.9. The molecule has 0 aliphatic heterocycles. The SMILES string of the molecule is COc1cc(/C=C/C(=O)NC2CCCCCC2)ccc1OCC#N. The van der Waals surface area contributed by atoms with E-state index in [1.165, 1.54) is 25.7 Å². The molecule has 0 spiro atoms. The number of hydrogen-bond acceptors (Lipinski definition) is 4. The fraction of sp³-hybridized carbons (Fsp3) is 0.474. The lowest BCUT2D eigenvalue weighted by Gasteiger charge is -2.14. The third-order valence-corrected chi connectivity index (χ3v) is 4.11. The third kappa shape index (κ3) is 5.62. The Hall–Kier alpha value is -2.48. The van der Waals surface area contributed by atoms with Gasteiger partial charge in [-0.2, -0.15) is 5.26 Å². The van der Waals surface area contributed by atoms with Crippen LogP contribution in [0, 0.1) is 11.3 Å². The molecule has 1 aromatic rings. The van der Waals surface area contributed by atoms with Gasteiger partial charge in [-0.25, -0.2) is 0 Å². The van der Waals surface area contributed by atoms with E-state index in [2.05, 4.69) is 5.32 Å². The summed E-state index contributed by atoms with van der Waals surface area (Å²) in [5.41, 5.74) is 0.840. The topological polar surface area (TPSA) is 71.3 Å². The Morgan fingerprint density at radius 3 is 2.71 bits per heavy atom. The fourth-order valence-electron chi connectivity index (χ4n) is 2.86. The Labute approximate surface area is 143 Å². The predicted octanol–water partition coefficient (Wildman–Crippen LogP) is 3.45. The normalized spacial score (nSPS) is 15.5. The zero-order valence-corrected chi connectivity index (χ0v) is 14.1. The van der Waals surface area contributed by atoms with Gasteiger partial charge in [0.15, 0.2) is 18.1 Å². The van der Waals surface area contributed by atoms with Crippen LogP contribution in [0.1, 0.15) is 44.1 Å². The Kier molecular flexibility index (Phi) is 7.16. The van der Waals surface area contributed by atoms with Gasteiger partial charge in [-0.05, 0) is 36.6 Å². The zero-order chi connectivity index (χ0) is 17.2. The molecule has 1 N–H and O–H groups in total. The summed E-state index contributed by atoms with van der Waals surface area (Å²) in [4.78, 5) is 12.1. The van der Waals surface area contributed by atoms with Gasteiger partial charge < -0.3 is 14.8 Å². The van der Waals surface area contributed by atoms with Crippen molar-refractivity contribution in [3.8, 4) is 17.6 Å². The van der Waals surface area contributed by atoms with E-state index < -0.39 is 0 Å². The molecule has 0 unspecified atom stereocenters. The van der Waals surface area contributed by atoms with Crippen molar-refractivity contribution in [1.29, 1.82) is 5.26 Å². The van der Waals surface area contributed by atoms with E-state index in [-0.39, 0.29) is 12.5 Å². The lowest BCUT2D eigenvalue weighted by atomic mass is 10.1. The van der Waals surface area contributed by atoms with Crippen LogP contribution in [0.5, 0.6) is 11.5 Å². The van der Waals surface area contributed by atoms with Crippen molar-refractivity contribution in [2.75, 3.05) is 13.7 Å². The molecule has 24 heavy (non-hydrogen) atoms. The molecular weight excluding hydrogens is 304 g/mol. The van der Waals surface area contributed by atoms with Crippen molar-refractivity contribution in [2.24, 2.45) is 0 Å². The van der Waals surface area contributed by atoms with Gasteiger partial charge >= 0.3 is 0 Å². The molecule has 2 rings (SSSR count). The Morgan fingerprint density at radius 2 is 2.04 bits per heavy atom. The van der Waals surface area contributed by atoms with Gasteiger partial charge in [0, 0.05) is 12.1 Å². The van der Waals surface area contributed by atoms with Gasteiger partial charge in [0.1, 0.15) is 6.07 Å². The van der Waals surface area contributed by atoms with Crippen LogP contribution in [0.15, 0.2) is 24.3 Å². The molecule has 0 heterocycles. The number of nitrogens with zero attached hydrogens (tertiary/aromatic N) is 1. The average molecular weight is 328 g/mol. The van der Waals surface area contributed by atoms with Crippen LogP contribution >= 0.6 is 0 Å². The van der Waals surface area contributed by atoms with Gasteiger partial charge in [-0.3, -0.25) is 4.79 Å². The van der Waals surface area contributed by atoms with Crippen molar-refractivity contribution < 1.29 is 14.3 Å². The number of amides is 1. The molecule has 0 bridgehead atoms. The van der Waals surface area contributed by atoms with Crippen molar-refractivity contribution in [3.05, 3.63) is 29.8 Å². The minimum absolute atomic E-state index is 0.0324. The largest absolute Gasteiger partial charge is 0.493 e. The molecule has 0 atom stereocenters. The second-order valence-corrected chi connectivity index (χ2v) is 5.89. The molecule has 1 aliphatic rings. The van der Waals surface area contributed by atoms with Gasteiger partial charge in [0.25, 0.3) is 0 Å². The highest BCUT2D eigenvalue weighted by Gasteiger charge is 2.13. The van der Waals surface area contributed by atoms with Crippen LogP contribution in [0.2, 0.25) is 0 Å². The summed E-state index contributed by atoms with van der Waals surface area (Å²) in [6, 6.07) is 7.55. The summed E-state index contributed by atoms with van der Waals surface area (Å²) >= 11 is 0. The van der Waals surface area contributed by atoms with Crippen molar-refractivity contribution >= 4 is 12.0 Å². The molecule has 5 nitrogen and oxygen atoms in total. The van der Waals surface area contributed by atoms with E-state index in [4.69, 9.17) is 14.7 Å². The molecule has 0 radical (unpaired) electrons. The third-order valence-electron chi connectivity index (χ3n) is 4.11. The standard InChI is InChI=1S/C19H24N2O3/c1-23-18-14-15(8-10-17(18)24-13-12-20)9-11-19(22)21-16-6-4-2-3-5-7-16/h8-11,14,16H,2-7,13H2,1H3,(H,21,22)/b11-9+. The molecule has 0 saturated heterocycles. The first-order valence-corrected chi connectivity index (χ1v) is 8.39. The van der Waals surface area contributed by atoms with Gasteiger partial charge in [-0.15, -0.1) is 0 Å². The van der Waals surface area contributed by atoms with Gasteiger partial charge in [0.2, 0.25) is 5.91 Å². The fourth-order valence-corrected chi connectivity index (χ4v) is 2.86. The summed E-state index contributed by atoms with van der Waals surface area (Å²) in [5.74, 6) is 0.987. The maximum Gasteiger partial charge on any atom is 0.244 e. The number of ether oxygens (including phenoxy) is 2. The van der Waals surface area contributed by atoms with E-state index in [1.54, 1.807) is 31.4 Å². The van der Waals surface area contributed by atoms with E-state index >= 15 is 0 Å². The number of methoxy groups -OCH3 is 1. The van der Waals surface area contributed by atoms with E-state index in [0.29, 0.717) is 17.5 Å². The second kappa shape index (κ2) is 9.61. The second-order valence-electron chi connectivity index (χ2n) is 5.89. The molecular formula is C19H24N2O3. The maximum absolute atomic E-state index is 12.1. The zero-order valence-electron chi connectivity index (χ0n) is 14.1. The van der Waals surface area contributed by atoms with Crippen LogP contribution in [0.4, 0.5) is 0 Å². The van der Waals surface area contributed by atoms with Crippen LogP contribution in [0.3, 0.4) is 0 Å². The molecule has 0 aromatic heterocycles. The number of rotatable bonds is 6. The lowest BCUT2D eigenvalue weighted by molar-refractivity contribution is -0.117. The number of carbonyl (C=O) groups is 1. The maximum atomic E-state index is 12.1. The van der Waals surface area contributed by atoms with Crippen molar-refractivity contribution in [2.45, 2.75) is 44.6 Å². The van der Waals surface area contributed by atoms with Gasteiger partial charge in [-0.1, -0.05) is 31.7 Å². The number of benzene rings is 1. The van der Waals surface area contributed by atoms with Crippen LogP contribution in [0.25, 0.3) is 6.08 Å². The van der Waals surface area contributed by atoms with Crippen LogP contribution < -0.4 is 14.8 Å². The summed E-state index contributed by atoms with van der Waals surface area (Å²) in [7, 11) is 1.54. The van der Waals surface area contributed by atoms with E-state index in [0.717, 1.165) is 18.4 Å². The minimum atomic E-state index is -0.0642. The monoisotopic (exact) mass is 328 g/mol. The van der Waals surface area contributed by atoms with E-state index in [9.17, 15) is 4.79 Å². The molecule has 1 aliphatic carbocycles. The summed E-state index contributed by atoms with van der Waals surface area (Å²) in [6.07, 6.45) is 10.4. The Bertz CT molecular complexity index is 612. The number of hydrogen-bond donors (Lipinski definition) is 1. The molecule has 1 fully saturated rings. The minimum Gasteiger partial charge on any atom is -0.493 e. The highest BCUT2D eigenvalue weighted by Crippen LogP contribution is 2.28. The molecule has 5 heteroatoms. The van der Waals surface area contributed by atoms with Crippen LogP contribution in [-0.2, 0) is 4.79 Å². The Morgan fingerprint density at radius 1 is 1.29 bits per heavy atom. The number of nitriles is 1. The molecule has 1 aromatic carbocycles. The highest BCUT2D eigenvalue weighted by molar-refractivity contribution is 5.92. The molecule has 128 valence electrons. The smallest absolute Gasteiger partial charge is 0.244 e. The van der Waals surface area contributed by atoms with Crippen molar-refractivity contribution in [3.63, 3.8) is 0 Å². The quantitative estimate of drug-likeness (QED) is 0.641. The van der Waals surface area contributed by atoms with Gasteiger partial charge in [0.05, 0.1) is 7.11 Å². The van der Waals surface area contributed by atoms with E-state index in [1.807, 2.05) is 12.1 Å². The highest BCUT2D eigenvalue weighted by atomic mass is 16.5. The predicted molar refractivity (Wildman–Crippen MR) is 92.8 cm³/mol. The average Bonchev–Trinajstić information content (AvgIpc) is 2.87. The summed E-state index contributed by atoms with van der Waals surface area (Å²) in [6.45, 7) is -0.0324. The number of nitrogens with one attached hydrogen (secondary N) is 1. The van der Waals surface area contributed by atoms with Crippen molar-refractivity contribution in [1.82, 2.24) is 5.32 Å². The summed E-state index contributed by atoms with van der Waals surface area (Å²) in [5, 5.41) is 11.7.